The Balaban J connectivity index is 1.38. The molecule has 0 saturated heterocycles. The molecule has 35 heavy (non-hydrogen) atoms. The number of ether oxygens (including phenoxy) is 1. The Labute approximate surface area is 202 Å². The van der Waals surface area contributed by atoms with Crippen molar-refractivity contribution in [3.05, 3.63) is 96.6 Å². The summed E-state index contributed by atoms with van der Waals surface area (Å²) in [6.07, 6.45) is 0. The number of carboxylic acids is 1. The number of hydrogen-bond acceptors (Lipinski definition) is 6. The van der Waals surface area contributed by atoms with Gasteiger partial charge in [0.25, 0.3) is 15.9 Å². The molecule has 4 aromatic carbocycles. The van der Waals surface area contributed by atoms with Crippen LogP contribution < -0.4 is 19.5 Å². The molecule has 0 aliphatic carbocycles. The molecular formula is C26H21N2O6S-. The van der Waals surface area contributed by atoms with Crippen molar-refractivity contribution in [3.8, 4) is 5.75 Å². The van der Waals surface area contributed by atoms with Crippen LogP contribution in [0.15, 0.2) is 95.9 Å². The van der Waals surface area contributed by atoms with E-state index in [9.17, 15) is 23.1 Å². The van der Waals surface area contributed by atoms with E-state index in [1.54, 1.807) is 42.5 Å². The summed E-state index contributed by atoms with van der Waals surface area (Å²) in [5.74, 6) is -1.36. The number of carbonyl (C=O) groups is 2. The van der Waals surface area contributed by atoms with Crippen molar-refractivity contribution >= 4 is 44.0 Å². The molecule has 4 aromatic rings. The van der Waals surface area contributed by atoms with E-state index in [1.807, 2.05) is 24.3 Å². The smallest absolute Gasteiger partial charge is 0.264 e. The highest BCUT2D eigenvalue weighted by Crippen LogP contribution is 2.26. The van der Waals surface area contributed by atoms with Gasteiger partial charge in [-0.05, 0) is 64.9 Å². The minimum Gasteiger partial charge on any atom is -0.545 e. The maximum Gasteiger partial charge on any atom is 0.264 e. The number of amides is 1. The van der Waals surface area contributed by atoms with Crippen LogP contribution >= 0.6 is 0 Å². The Morgan fingerprint density at radius 2 is 1.54 bits per heavy atom. The molecule has 0 fully saturated rings. The lowest BCUT2D eigenvalue weighted by atomic mass is 10.1. The van der Waals surface area contributed by atoms with E-state index in [0.717, 1.165) is 10.8 Å². The first-order valence-corrected chi connectivity index (χ1v) is 12.0. The molecule has 0 aliphatic rings. The van der Waals surface area contributed by atoms with Crippen LogP contribution in [0.1, 0.15) is 10.4 Å². The Morgan fingerprint density at radius 1 is 0.886 bits per heavy atom. The van der Waals surface area contributed by atoms with E-state index < -0.39 is 21.9 Å². The number of hydrogen-bond donors (Lipinski definition) is 1. The zero-order valence-corrected chi connectivity index (χ0v) is 19.5. The van der Waals surface area contributed by atoms with Crippen molar-refractivity contribution in [2.75, 3.05) is 23.3 Å². The van der Waals surface area contributed by atoms with Crippen LogP contribution in [0.5, 0.6) is 5.75 Å². The molecule has 4 rings (SSSR count). The first-order chi connectivity index (χ1) is 16.7. The predicted molar refractivity (Wildman–Crippen MR) is 131 cm³/mol. The molecule has 9 heteroatoms. The summed E-state index contributed by atoms with van der Waals surface area (Å²) in [5, 5.41) is 15.2. The Kier molecular flexibility index (Phi) is 6.70. The molecule has 1 N–H and O–H groups in total. The lowest BCUT2D eigenvalue weighted by Crippen LogP contribution is -2.26. The fourth-order valence-electron chi connectivity index (χ4n) is 3.41. The van der Waals surface area contributed by atoms with Gasteiger partial charge in [0.15, 0.2) is 6.61 Å². The Bertz CT molecular complexity index is 1480. The molecule has 1 amide bonds. The Hall–Kier alpha value is -4.37. The van der Waals surface area contributed by atoms with E-state index in [0.29, 0.717) is 17.1 Å². The first-order valence-electron chi connectivity index (χ1n) is 10.6. The summed E-state index contributed by atoms with van der Waals surface area (Å²) in [6.45, 7) is -0.285. The second kappa shape index (κ2) is 9.86. The van der Waals surface area contributed by atoms with Gasteiger partial charge in [0.05, 0.1) is 16.6 Å². The molecule has 0 aromatic heterocycles. The number of nitrogens with one attached hydrogen (secondary N) is 1. The van der Waals surface area contributed by atoms with Gasteiger partial charge in [-0.2, -0.15) is 0 Å². The largest absolute Gasteiger partial charge is 0.545 e. The van der Waals surface area contributed by atoms with Crippen molar-refractivity contribution in [2.24, 2.45) is 0 Å². The Morgan fingerprint density at radius 3 is 2.20 bits per heavy atom. The van der Waals surface area contributed by atoms with Crippen molar-refractivity contribution in [2.45, 2.75) is 4.90 Å². The number of aromatic carboxylic acids is 1. The zero-order valence-electron chi connectivity index (χ0n) is 18.7. The maximum atomic E-state index is 13.1. The summed E-state index contributed by atoms with van der Waals surface area (Å²) >= 11 is 0. The molecule has 0 bridgehead atoms. The third-order valence-corrected chi connectivity index (χ3v) is 7.14. The second-order valence-corrected chi connectivity index (χ2v) is 9.65. The van der Waals surface area contributed by atoms with Crippen molar-refractivity contribution in [1.82, 2.24) is 0 Å². The SMILES string of the molecule is CN(c1ccc(OCC(=O)Nc2ccc(C(=O)[O-])cc2)cc1)S(=O)(=O)c1ccc2ccccc2c1. The molecule has 0 radical (unpaired) electrons. The van der Waals surface area contributed by atoms with Crippen LogP contribution in [0.3, 0.4) is 0 Å². The number of fused-ring (bicyclic) bond motifs is 1. The number of sulfonamides is 1. The van der Waals surface area contributed by atoms with Gasteiger partial charge in [0.1, 0.15) is 5.75 Å². The van der Waals surface area contributed by atoms with E-state index in [1.165, 1.54) is 35.6 Å². The summed E-state index contributed by atoms with van der Waals surface area (Å²) in [5.41, 5.74) is 0.856. The van der Waals surface area contributed by atoms with Gasteiger partial charge in [-0.3, -0.25) is 9.10 Å². The molecule has 0 saturated carbocycles. The second-order valence-electron chi connectivity index (χ2n) is 7.68. The average Bonchev–Trinajstić information content (AvgIpc) is 2.87. The van der Waals surface area contributed by atoms with E-state index in [2.05, 4.69) is 5.32 Å². The van der Waals surface area contributed by atoms with Crippen molar-refractivity contribution in [1.29, 1.82) is 0 Å². The van der Waals surface area contributed by atoms with Crippen LogP contribution in [-0.4, -0.2) is 33.9 Å². The highest BCUT2D eigenvalue weighted by atomic mass is 32.2. The van der Waals surface area contributed by atoms with Crippen LogP contribution in [0.2, 0.25) is 0 Å². The average molecular weight is 490 g/mol. The molecule has 178 valence electrons. The zero-order chi connectivity index (χ0) is 25.0. The molecule has 8 nitrogen and oxygen atoms in total. The first kappa shape index (κ1) is 23.8. The number of nitrogens with zero attached hydrogens (tertiary/aromatic N) is 1. The van der Waals surface area contributed by atoms with Gasteiger partial charge in [-0.15, -0.1) is 0 Å². The highest BCUT2D eigenvalue weighted by Gasteiger charge is 2.21. The third kappa shape index (κ3) is 5.42. The van der Waals surface area contributed by atoms with Gasteiger partial charge in [0.2, 0.25) is 0 Å². The van der Waals surface area contributed by atoms with Gasteiger partial charge >= 0.3 is 0 Å². The van der Waals surface area contributed by atoms with Crippen LogP contribution in [-0.2, 0) is 14.8 Å². The molecule has 0 atom stereocenters. The van der Waals surface area contributed by atoms with Crippen molar-refractivity contribution < 1.29 is 27.9 Å². The topological polar surface area (TPSA) is 116 Å². The maximum absolute atomic E-state index is 13.1. The summed E-state index contributed by atoms with van der Waals surface area (Å²) in [4.78, 5) is 23.1. The number of rotatable bonds is 8. The van der Waals surface area contributed by atoms with Gasteiger partial charge < -0.3 is 20.0 Å². The number of anilines is 2. The van der Waals surface area contributed by atoms with E-state index >= 15 is 0 Å². The van der Waals surface area contributed by atoms with Gasteiger partial charge in [-0.1, -0.05) is 42.5 Å². The molecule has 0 aliphatic heterocycles. The molecular weight excluding hydrogens is 468 g/mol. The van der Waals surface area contributed by atoms with Crippen LogP contribution in [0, 0.1) is 0 Å². The summed E-state index contributed by atoms with van der Waals surface area (Å²) < 4.78 is 32.9. The summed E-state index contributed by atoms with van der Waals surface area (Å²) in [6, 6.07) is 24.4. The lowest BCUT2D eigenvalue weighted by Gasteiger charge is -2.20. The third-order valence-electron chi connectivity index (χ3n) is 5.35. The fraction of sp³-hybridized carbons (Fsp3) is 0.0769. The minimum atomic E-state index is -3.78. The lowest BCUT2D eigenvalue weighted by molar-refractivity contribution is -0.255. The summed E-state index contributed by atoms with van der Waals surface area (Å²) in [7, 11) is -2.31. The number of benzene rings is 4. The van der Waals surface area contributed by atoms with Crippen LogP contribution in [0.4, 0.5) is 11.4 Å². The molecule has 0 heterocycles. The van der Waals surface area contributed by atoms with Gasteiger partial charge in [0, 0.05) is 12.7 Å². The quantitative estimate of drug-likeness (QED) is 0.407. The molecule has 0 unspecified atom stereocenters. The standard InChI is InChI=1S/C26H22N2O6S/c1-28(35(32,33)24-15-8-18-4-2-3-5-20(18)16-24)22-11-13-23(14-12-22)34-17-25(29)27-21-9-6-19(7-10-21)26(30)31/h2-16H,17H2,1H3,(H,27,29)(H,30,31)/p-1. The van der Waals surface area contributed by atoms with Crippen LogP contribution in [0.25, 0.3) is 10.8 Å². The van der Waals surface area contributed by atoms with E-state index in [-0.39, 0.29) is 17.1 Å². The highest BCUT2D eigenvalue weighted by molar-refractivity contribution is 7.92. The van der Waals surface area contributed by atoms with Gasteiger partial charge in [-0.25, -0.2) is 8.42 Å². The van der Waals surface area contributed by atoms with Crippen molar-refractivity contribution in [3.63, 3.8) is 0 Å². The normalized spacial score (nSPS) is 11.1. The fourth-order valence-corrected chi connectivity index (χ4v) is 4.64. The number of carboxylic acid groups (broad SMARTS) is 1. The predicted octanol–water partition coefficient (Wildman–Crippen LogP) is 3.05. The van der Waals surface area contributed by atoms with E-state index in [4.69, 9.17) is 4.74 Å². The number of carbonyl (C=O) groups excluding carboxylic acids is 2. The minimum absolute atomic E-state index is 0.00642. The monoisotopic (exact) mass is 489 g/mol. The molecule has 0 spiro atoms.